The second-order valence-electron chi connectivity index (χ2n) is 7.70. The molecule has 1 saturated carbocycles. The summed E-state index contributed by atoms with van der Waals surface area (Å²) in [4.78, 5) is 20.6. The zero-order valence-electron chi connectivity index (χ0n) is 15.4. The Hall–Kier alpha value is -2.82. The molecule has 2 aromatic carbocycles. The topological polar surface area (TPSA) is 67.0 Å². The predicted molar refractivity (Wildman–Crippen MR) is 104 cm³/mol. The first kappa shape index (κ1) is 16.4. The average molecular weight is 361 g/mol. The molecule has 0 unspecified atom stereocenters. The van der Waals surface area contributed by atoms with Gasteiger partial charge in [0, 0.05) is 18.8 Å². The minimum atomic E-state index is 0.00630. The zero-order chi connectivity index (χ0) is 18.4. The number of hydrogen-bond donors (Lipinski definition) is 2. The van der Waals surface area contributed by atoms with Crippen LogP contribution in [0.15, 0.2) is 42.5 Å². The molecule has 0 saturated heterocycles. The molecule has 138 valence electrons. The molecule has 1 fully saturated rings. The lowest BCUT2D eigenvalue weighted by molar-refractivity contribution is -0.122. The number of aromatic amines is 1. The number of fused-ring (bicyclic) bond motifs is 2. The number of rotatable bonds is 5. The largest absolute Gasteiger partial charge is 0.493 e. The highest BCUT2D eigenvalue weighted by molar-refractivity contribution is 5.78. The molecule has 0 spiro atoms. The van der Waals surface area contributed by atoms with Gasteiger partial charge in [0.1, 0.15) is 11.6 Å². The number of imidazole rings is 1. The van der Waals surface area contributed by atoms with Crippen molar-refractivity contribution < 1.29 is 9.53 Å². The van der Waals surface area contributed by atoms with Gasteiger partial charge in [0.25, 0.3) is 0 Å². The summed E-state index contributed by atoms with van der Waals surface area (Å²) < 4.78 is 5.55. The van der Waals surface area contributed by atoms with Crippen molar-refractivity contribution in [3.05, 3.63) is 59.4 Å². The SMILES string of the molecule is C[C@@H](NC(=O)C[C@@H]1C[C@@H]1c1nc2ccccc2[nH]1)c1ccc2c(c1)CCO2. The van der Waals surface area contributed by atoms with Crippen molar-refractivity contribution in [2.45, 2.75) is 38.1 Å². The molecule has 3 atom stereocenters. The van der Waals surface area contributed by atoms with Gasteiger partial charge >= 0.3 is 0 Å². The Morgan fingerprint density at radius 2 is 2.22 bits per heavy atom. The standard InChI is InChI=1S/C22H23N3O2/c1-13(14-6-7-20-15(10-14)8-9-27-20)23-21(26)12-16-11-17(16)22-24-18-4-2-3-5-19(18)25-22/h2-7,10,13,16-17H,8-9,11-12H2,1H3,(H,23,26)(H,24,25)/t13-,16+,17+/m1/s1. The second-order valence-corrected chi connectivity index (χ2v) is 7.70. The van der Waals surface area contributed by atoms with Crippen molar-refractivity contribution >= 4 is 16.9 Å². The van der Waals surface area contributed by atoms with Gasteiger partial charge in [-0.3, -0.25) is 4.79 Å². The minimum Gasteiger partial charge on any atom is -0.493 e. The monoisotopic (exact) mass is 361 g/mol. The normalized spacial score (nSPS) is 21.5. The van der Waals surface area contributed by atoms with Gasteiger partial charge in [-0.05, 0) is 54.7 Å². The highest BCUT2D eigenvalue weighted by Crippen LogP contribution is 2.48. The Morgan fingerprint density at radius 1 is 1.33 bits per heavy atom. The third-order valence-corrected chi connectivity index (χ3v) is 5.72. The van der Waals surface area contributed by atoms with E-state index in [2.05, 4.69) is 21.4 Å². The molecule has 27 heavy (non-hydrogen) atoms. The molecule has 5 heteroatoms. The Bertz CT molecular complexity index is 977. The van der Waals surface area contributed by atoms with Crippen LogP contribution in [0.25, 0.3) is 11.0 Å². The maximum atomic E-state index is 12.5. The number of nitrogens with one attached hydrogen (secondary N) is 2. The van der Waals surface area contributed by atoms with Gasteiger partial charge in [-0.1, -0.05) is 18.2 Å². The lowest BCUT2D eigenvalue weighted by Crippen LogP contribution is -2.27. The lowest BCUT2D eigenvalue weighted by Gasteiger charge is -2.15. The van der Waals surface area contributed by atoms with Crippen molar-refractivity contribution in [2.75, 3.05) is 6.61 Å². The Morgan fingerprint density at radius 3 is 3.11 bits per heavy atom. The van der Waals surface area contributed by atoms with Crippen molar-refractivity contribution in [3.8, 4) is 5.75 Å². The van der Waals surface area contributed by atoms with Crippen molar-refractivity contribution in [3.63, 3.8) is 0 Å². The van der Waals surface area contributed by atoms with E-state index in [9.17, 15) is 4.79 Å². The quantitative estimate of drug-likeness (QED) is 0.725. The molecule has 2 aliphatic rings. The van der Waals surface area contributed by atoms with Crippen LogP contribution in [0.4, 0.5) is 0 Å². The van der Waals surface area contributed by atoms with Crippen LogP contribution in [-0.4, -0.2) is 22.5 Å². The number of benzene rings is 2. The van der Waals surface area contributed by atoms with E-state index in [1.165, 1.54) is 5.56 Å². The lowest BCUT2D eigenvalue weighted by atomic mass is 10.0. The van der Waals surface area contributed by atoms with Crippen LogP contribution < -0.4 is 10.1 Å². The average Bonchev–Trinajstić information content (AvgIpc) is 3.08. The summed E-state index contributed by atoms with van der Waals surface area (Å²) in [5, 5.41) is 3.15. The summed E-state index contributed by atoms with van der Waals surface area (Å²) in [6.45, 7) is 2.80. The van der Waals surface area contributed by atoms with Crippen LogP contribution in [0.3, 0.4) is 0 Å². The molecule has 1 aromatic heterocycles. The second kappa shape index (κ2) is 6.41. The van der Waals surface area contributed by atoms with Gasteiger partial charge < -0.3 is 15.0 Å². The molecule has 2 N–H and O–H groups in total. The predicted octanol–water partition coefficient (Wildman–Crippen LogP) is 3.87. The third-order valence-electron chi connectivity index (χ3n) is 5.72. The highest BCUT2D eigenvalue weighted by atomic mass is 16.5. The summed E-state index contributed by atoms with van der Waals surface area (Å²) >= 11 is 0. The van der Waals surface area contributed by atoms with E-state index in [4.69, 9.17) is 4.74 Å². The first-order chi connectivity index (χ1) is 13.2. The summed E-state index contributed by atoms with van der Waals surface area (Å²) in [6.07, 6.45) is 2.53. The van der Waals surface area contributed by atoms with Crippen LogP contribution >= 0.6 is 0 Å². The van der Waals surface area contributed by atoms with Gasteiger partial charge in [0.05, 0.1) is 23.7 Å². The van der Waals surface area contributed by atoms with Gasteiger partial charge in [-0.25, -0.2) is 4.98 Å². The molecule has 0 bridgehead atoms. The third kappa shape index (κ3) is 3.18. The van der Waals surface area contributed by atoms with Crippen LogP contribution in [0, 0.1) is 5.92 Å². The van der Waals surface area contributed by atoms with Crippen LogP contribution in [0.2, 0.25) is 0 Å². The highest BCUT2D eigenvalue weighted by Gasteiger charge is 2.41. The maximum absolute atomic E-state index is 12.5. The first-order valence-electron chi connectivity index (χ1n) is 9.67. The molecule has 2 heterocycles. The summed E-state index contributed by atoms with van der Waals surface area (Å²) in [6, 6.07) is 14.3. The van der Waals surface area contributed by atoms with Crippen LogP contribution in [-0.2, 0) is 11.2 Å². The number of hydrogen-bond acceptors (Lipinski definition) is 3. The van der Waals surface area contributed by atoms with Gasteiger partial charge in [0.15, 0.2) is 0 Å². The number of ether oxygens (including phenoxy) is 1. The Balaban J connectivity index is 1.19. The minimum absolute atomic E-state index is 0.00630. The van der Waals surface area contributed by atoms with E-state index in [1.807, 2.05) is 43.3 Å². The molecule has 1 aliphatic heterocycles. The summed E-state index contributed by atoms with van der Waals surface area (Å²) in [5.41, 5.74) is 4.44. The van der Waals surface area contributed by atoms with Gasteiger partial charge in [-0.2, -0.15) is 0 Å². The number of carbonyl (C=O) groups is 1. The van der Waals surface area contributed by atoms with E-state index < -0.39 is 0 Å². The fraction of sp³-hybridized carbons (Fsp3) is 0.364. The number of nitrogens with zero attached hydrogens (tertiary/aromatic N) is 1. The van der Waals surface area contributed by atoms with E-state index >= 15 is 0 Å². The van der Waals surface area contributed by atoms with Crippen molar-refractivity contribution in [2.24, 2.45) is 5.92 Å². The smallest absolute Gasteiger partial charge is 0.220 e. The number of H-pyrrole nitrogens is 1. The number of amides is 1. The maximum Gasteiger partial charge on any atom is 0.220 e. The molecule has 3 aromatic rings. The molecule has 0 radical (unpaired) electrons. The fourth-order valence-electron chi connectivity index (χ4n) is 4.05. The van der Waals surface area contributed by atoms with Gasteiger partial charge in [0.2, 0.25) is 5.91 Å². The van der Waals surface area contributed by atoms with E-state index in [0.29, 0.717) is 18.3 Å². The van der Waals surface area contributed by atoms with Crippen LogP contribution in [0.1, 0.15) is 48.7 Å². The number of carbonyl (C=O) groups excluding carboxylic acids is 1. The Labute approximate surface area is 158 Å². The molecular formula is C22H23N3O2. The summed E-state index contributed by atoms with van der Waals surface area (Å²) in [5.74, 6) is 2.86. The first-order valence-corrected chi connectivity index (χ1v) is 9.67. The van der Waals surface area contributed by atoms with Crippen molar-refractivity contribution in [1.82, 2.24) is 15.3 Å². The molecule has 5 nitrogen and oxygen atoms in total. The van der Waals surface area contributed by atoms with E-state index in [1.54, 1.807) is 0 Å². The zero-order valence-corrected chi connectivity index (χ0v) is 15.4. The van der Waals surface area contributed by atoms with Gasteiger partial charge in [-0.15, -0.1) is 0 Å². The molecule has 1 aliphatic carbocycles. The van der Waals surface area contributed by atoms with E-state index in [0.717, 1.165) is 47.6 Å². The van der Waals surface area contributed by atoms with E-state index in [-0.39, 0.29) is 11.9 Å². The fourth-order valence-corrected chi connectivity index (χ4v) is 4.05. The number of aromatic nitrogens is 2. The molecule has 5 rings (SSSR count). The number of para-hydroxylation sites is 2. The molecule has 1 amide bonds. The molecular weight excluding hydrogens is 338 g/mol. The van der Waals surface area contributed by atoms with Crippen molar-refractivity contribution in [1.29, 1.82) is 0 Å². The summed E-state index contributed by atoms with van der Waals surface area (Å²) in [7, 11) is 0. The Kier molecular flexibility index (Phi) is 3.88. The van der Waals surface area contributed by atoms with Crippen LogP contribution in [0.5, 0.6) is 5.75 Å².